The molecule has 0 amide bonds. The van der Waals surface area contributed by atoms with Crippen molar-refractivity contribution in [3.63, 3.8) is 0 Å². The number of fused-ring (bicyclic) bond motifs is 13. The molecule has 5 nitrogen and oxygen atoms in total. The average molecular weight is 912 g/mol. The van der Waals surface area contributed by atoms with E-state index >= 15 is 0 Å². The number of hydrogen-bond acceptors (Lipinski definition) is 5. The van der Waals surface area contributed by atoms with Gasteiger partial charge in [-0.25, -0.2) is 0 Å². The highest BCUT2D eigenvalue weighted by atomic mass is 16.3. The Balaban J connectivity index is 1.15. The Morgan fingerprint density at radius 2 is 0.929 bits per heavy atom. The maximum Gasteiger partial charge on any atom is 0.252 e. The van der Waals surface area contributed by atoms with Gasteiger partial charge in [0.25, 0.3) is 6.71 Å². The fourth-order valence-corrected chi connectivity index (χ4v) is 13.5. The van der Waals surface area contributed by atoms with Crippen molar-refractivity contribution in [1.29, 1.82) is 0 Å². The summed E-state index contributed by atoms with van der Waals surface area (Å²) in [5.41, 5.74) is 20.5. The van der Waals surface area contributed by atoms with Crippen LogP contribution in [-0.2, 0) is 16.2 Å². The predicted octanol–water partition coefficient (Wildman–Crippen LogP) is 15.9. The number of hydrogen-bond donors (Lipinski definition) is 0. The minimum absolute atomic E-state index is 0.0253. The first kappa shape index (κ1) is 41.8. The van der Waals surface area contributed by atoms with Gasteiger partial charge in [0.1, 0.15) is 11.2 Å². The van der Waals surface area contributed by atoms with Crippen LogP contribution < -0.4 is 31.1 Å². The Hall–Kier alpha value is -7.18. The number of anilines is 8. The molecule has 6 heteroatoms. The van der Waals surface area contributed by atoms with Crippen LogP contribution in [0.2, 0.25) is 0 Å². The molecule has 2 aromatic heterocycles. The minimum Gasteiger partial charge on any atom is -0.454 e. The van der Waals surface area contributed by atoms with Crippen LogP contribution in [0.5, 0.6) is 0 Å². The van der Waals surface area contributed by atoms with Crippen molar-refractivity contribution >= 4 is 112 Å². The second-order valence-electron chi connectivity index (χ2n) is 23.2. The first-order valence-corrected chi connectivity index (χ1v) is 25.5. The fourth-order valence-electron chi connectivity index (χ4n) is 13.5. The first-order chi connectivity index (χ1) is 33.7. The van der Waals surface area contributed by atoms with Gasteiger partial charge in [-0.05, 0) is 118 Å². The maximum atomic E-state index is 7.02. The second-order valence-corrected chi connectivity index (χ2v) is 23.2. The zero-order valence-corrected chi connectivity index (χ0v) is 41.6. The van der Waals surface area contributed by atoms with Crippen LogP contribution in [-0.4, -0.2) is 12.3 Å². The summed E-state index contributed by atoms with van der Waals surface area (Å²) in [5.74, 6) is 0. The van der Waals surface area contributed by atoms with Gasteiger partial charge in [-0.1, -0.05) is 164 Å². The molecule has 3 aliphatic heterocycles. The SMILES string of the molecule is CC(C)(C)c1ccc2c(c1)B1c3cc(C(C)(C)C)ccc3N(c3cccc4c3oc3ccccc34)c3cc(N4c5ccccc5C5(C)CCCCC45C)cc(c31)N2c1cccc2c1oc1ccccc12. The Morgan fingerprint density at radius 3 is 1.47 bits per heavy atom. The topological polar surface area (TPSA) is 36.0 Å². The van der Waals surface area contributed by atoms with E-state index in [-0.39, 0.29) is 28.5 Å². The Labute approximate surface area is 411 Å². The highest BCUT2D eigenvalue weighted by molar-refractivity contribution is 7.00. The molecule has 0 spiro atoms. The highest BCUT2D eigenvalue weighted by Gasteiger charge is 2.58. The lowest BCUT2D eigenvalue weighted by molar-refractivity contribution is 0.195. The van der Waals surface area contributed by atoms with Crippen LogP contribution in [0, 0.1) is 0 Å². The van der Waals surface area contributed by atoms with Gasteiger partial charge < -0.3 is 23.5 Å². The molecule has 1 fully saturated rings. The number of furan rings is 2. The summed E-state index contributed by atoms with van der Waals surface area (Å²) >= 11 is 0. The third kappa shape index (κ3) is 5.56. The molecule has 5 heterocycles. The maximum absolute atomic E-state index is 7.02. The molecule has 14 rings (SSSR count). The van der Waals surface area contributed by atoms with Crippen LogP contribution in [0.1, 0.15) is 97.8 Å². The molecular formula is C64H58BN3O2. The number of benzene rings is 8. The van der Waals surface area contributed by atoms with Gasteiger partial charge >= 0.3 is 0 Å². The lowest BCUT2D eigenvalue weighted by Gasteiger charge is -2.51. The molecule has 1 saturated carbocycles. The molecule has 10 aromatic rings. The molecule has 0 saturated heterocycles. The van der Waals surface area contributed by atoms with Gasteiger partial charge in [-0.2, -0.15) is 0 Å². The van der Waals surface area contributed by atoms with Gasteiger partial charge in [-0.3, -0.25) is 0 Å². The molecule has 2 atom stereocenters. The van der Waals surface area contributed by atoms with E-state index in [4.69, 9.17) is 8.83 Å². The molecule has 2 unspecified atom stereocenters. The van der Waals surface area contributed by atoms with Crippen molar-refractivity contribution in [3.8, 4) is 0 Å². The number of rotatable bonds is 3. The van der Waals surface area contributed by atoms with Crippen molar-refractivity contribution in [2.24, 2.45) is 0 Å². The molecule has 0 bridgehead atoms. The standard InChI is InChI=1S/C64H58BN3O2/c1-61(2,3)39-29-31-50-47(35-39)65-48-36-40(62(4,5)6)30-32-51(48)67(53-26-18-22-45-43-20-10-14-28-57(43)70-60(45)53)55-38-41(68-49-24-12-11-23-46(49)63(7)33-15-16-34-64(63,68)8)37-54(58(55)65)66(50)52-25-17-21-44-42-19-9-13-27-56(42)69-59(44)52/h9-14,17-32,35-38H,15-16,33-34H2,1-8H3. The zero-order valence-electron chi connectivity index (χ0n) is 41.6. The lowest BCUT2D eigenvalue weighted by Crippen LogP contribution is -2.62. The van der Waals surface area contributed by atoms with E-state index in [2.05, 4.69) is 228 Å². The average Bonchev–Trinajstić information content (AvgIpc) is 3.99. The molecular weight excluding hydrogens is 854 g/mol. The molecule has 0 radical (unpaired) electrons. The van der Waals surface area contributed by atoms with Crippen LogP contribution in [0.15, 0.2) is 167 Å². The normalized spacial score (nSPS) is 19.5. The van der Waals surface area contributed by atoms with E-state index in [0.717, 1.165) is 68.1 Å². The quantitative estimate of drug-likeness (QED) is 0.165. The minimum atomic E-state index is -0.162. The smallest absolute Gasteiger partial charge is 0.252 e. The highest BCUT2D eigenvalue weighted by Crippen LogP contribution is 2.62. The van der Waals surface area contributed by atoms with Crippen LogP contribution in [0.4, 0.5) is 45.5 Å². The number of para-hydroxylation sites is 5. The summed E-state index contributed by atoms with van der Waals surface area (Å²) in [4.78, 5) is 7.88. The molecule has 8 aromatic carbocycles. The monoisotopic (exact) mass is 911 g/mol. The lowest BCUT2D eigenvalue weighted by atomic mass is 9.33. The summed E-state index contributed by atoms with van der Waals surface area (Å²) in [6.45, 7) is 19.0. The molecule has 4 aliphatic rings. The van der Waals surface area contributed by atoms with E-state index in [1.807, 2.05) is 0 Å². The van der Waals surface area contributed by atoms with E-state index in [0.29, 0.717) is 0 Å². The van der Waals surface area contributed by atoms with Gasteiger partial charge in [0.05, 0.1) is 16.9 Å². The third-order valence-corrected chi connectivity index (χ3v) is 17.3. The summed E-state index contributed by atoms with van der Waals surface area (Å²) < 4.78 is 14.0. The Kier molecular flexibility index (Phi) is 8.49. The number of nitrogens with zero attached hydrogens (tertiary/aromatic N) is 3. The predicted molar refractivity (Wildman–Crippen MR) is 295 cm³/mol. The first-order valence-electron chi connectivity index (χ1n) is 25.5. The Morgan fingerprint density at radius 1 is 0.457 bits per heavy atom. The van der Waals surface area contributed by atoms with Gasteiger partial charge in [-0.15, -0.1) is 0 Å². The van der Waals surface area contributed by atoms with E-state index in [1.54, 1.807) is 0 Å². The Bertz CT molecular complexity index is 3640. The molecule has 70 heavy (non-hydrogen) atoms. The second kappa shape index (κ2) is 14.2. The summed E-state index contributed by atoms with van der Waals surface area (Å²) in [5, 5.41) is 4.48. The van der Waals surface area contributed by atoms with Crippen LogP contribution >= 0.6 is 0 Å². The van der Waals surface area contributed by atoms with Crippen molar-refractivity contribution in [1.82, 2.24) is 0 Å². The van der Waals surface area contributed by atoms with Gasteiger partial charge in [0.15, 0.2) is 11.2 Å². The van der Waals surface area contributed by atoms with E-state index in [9.17, 15) is 0 Å². The zero-order chi connectivity index (χ0) is 47.6. The molecule has 344 valence electrons. The molecule has 1 aliphatic carbocycles. The fraction of sp³-hybridized carbons (Fsp3) is 0.250. The largest absolute Gasteiger partial charge is 0.454 e. The van der Waals surface area contributed by atoms with Crippen LogP contribution in [0.3, 0.4) is 0 Å². The summed E-state index contributed by atoms with van der Waals surface area (Å²) in [6.07, 6.45) is 4.69. The van der Waals surface area contributed by atoms with Gasteiger partial charge in [0.2, 0.25) is 0 Å². The van der Waals surface area contributed by atoms with Crippen LogP contribution in [0.25, 0.3) is 43.9 Å². The van der Waals surface area contributed by atoms with Crippen molar-refractivity contribution in [2.45, 2.75) is 103 Å². The van der Waals surface area contributed by atoms with Gasteiger partial charge in [0, 0.05) is 61.1 Å². The summed E-state index contributed by atoms with van der Waals surface area (Å²) in [6, 6.07) is 59.4. The molecule has 0 N–H and O–H groups in total. The summed E-state index contributed by atoms with van der Waals surface area (Å²) in [7, 11) is 0. The van der Waals surface area contributed by atoms with Crippen molar-refractivity contribution < 1.29 is 8.83 Å². The van der Waals surface area contributed by atoms with E-state index < -0.39 is 0 Å². The van der Waals surface area contributed by atoms with E-state index in [1.165, 1.54) is 80.0 Å². The third-order valence-electron chi connectivity index (χ3n) is 17.3. The van der Waals surface area contributed by atoms with Crippen molar-refractivity contribution in [2.75, 3.05) is 14.7 Å². The van der Waals surface area contributed by atoms with Crippen molar-refractivity contribution in [3.05, 3.63) is 174 Å².